The lowest BCUT2D eigenvalue weighted by Crippen LogP contribution is -2.62. The lowest BCUT2D eigenvalue weighted by atomic mass is 9.44. The van der Waals surface area contributed by atoms with Gasteiger partial charge in [0.25, 0.3) is 0 Å². The third-order valence-corrected chi connectivity index (χ3v) is 14.1. The summed E-state index contributed by atoms with van der Waals surface area (Å²) in [5.74, 6) is 3.69. The standard InChI is InChI=1S/C27H42Br2O4/c1-15(6-11-22(31)32-5)20-9-10-21-19-8-7-17-14-18(33-16(2)30)12-13-26(17,3)23(19)24(28)25(29)27(20,21)4/h15,17-21,23-25H,6-14H2,1-5H3. The summed E-state index contributed by atoms with van der Waals surface area (Å²) in [6.07, 6.45) is 9.85. The number of rotatable bonds is 5. The van der Waals surface area contributed by atoms with Crippen LogP contribution in [0.2, 0.25) is 0 Å². The molecule has 4 nitrogen and oxygen atoms in total. The van der Waals surface area contributed by atoms with Gasteiger partial charge in [-0.1, -0.05) is 52.6 Å². The second-order valence-corrected chi connectivity index (χ2v) is 14.1. The molecule has 4 saturated carbocycles. The van der Waals surface area contributed by atoms with E-state index in [1.165, 1.54) is 32.8 Å². The minimum atomic E-state index is -0.136. The summed E-state index contributed by atoms with van der Waals surface area (Å²) in [6, 6.07) is 0. The second-order valence-electron chi connectivity index (χ2n) is 12.1. The second kappa shape index (κ2) is 9.75. The first-order valence-electron chi connectivity index (χ1n) is 13.1. The first kappa shape index (κ1) is 26.0. The van der Waals surface area contributed by atoms with E-state index in [0.717, 1.165) is 37.5 Å². The highest BCUT2D eigenvalue weighted by Gasteiger charge is 2.66. The minimum absolute atomic E-state index is 0.0883. The van der Waals surface area contributed by atoms with Crippen LogP contribution in [0.5, 0.6) is 0 Å². The number of methoxy groups -OCH3 is 1. The summed E-state index contributed by atoms with van der Waals surface area (Å²) in [5, 5.41) is 0. The summed E-state index contributed by atoms with van der Waals surface area (Å²) in [5.41, 5.74) is 0.540. The fourth-order valence-electron chi connectivity index (χ4n) is 9.13. The molecule has 0 saturated heterocycles. The molecule has 0 spiro atoms. The molecule has 4 fully saturated rings. The highest BCUT2D eigenvalue weighted by atomic mass is 79.9. The zero-order valence-corrected chi connectivity index (χ0v) is 24.1. The first-order chi connectivity index (χ1) is 15.5. The third kappa shape index (κ3) is 4.36. The van der Waals surface area contributed by atoms with Crippen molar-refractivity contribution in [3.8, 4) is 0 Å². The van der Waals surface area contributed by atoms with E-state index in [0.29, 0.717) is 45.2 Å². The molecule has 0 radical (unpaired) electrons. The molecule has 11 atom stereocenters. The minimum Gasteiger partial charge on any atom is -0.469 e. The average molecular weight is 590 g/mol. The molecular formula is C27H42Br2O4. The normalized spacial score (nSPS) is 47.6. The van der Waals surface area contributed by atoms with Crippen LogP contribution >= 0.6 is 31.9 Å². The van der Waals surface area contributed by atoms with Crippen molar-refractivity contribution in [3.05, 3.63) is 0 Å². The van der Waals surface area contributed by atoms with Crippen LogP contribution < -0.4 is 0 Å². The highest BCUT2D eigenvalue weighted by Crippen LogP contribution is 2.70. The Labute approximate surface area is 216 Å². The van der Waals surface area contributed by atoms with Crippen molar-refractivity contribution < 1.29 is 19.1 Å². The lowest BCUT2D eigenvalue weighted by Gasteiger charge is -2.64. The van der Waals surface area contributed by atoms with Crippen molar-refractivity contribution in [2.75, 3.05) is 7.11 Å². The van der Waals surface area contributed by atoms with Gasteiger partial charge in [0.15, 0.2) is 0 Å². The number of carbonyl (C=O) groups excluding carboxylic acids is 2. The van der Waals surface area contributed by atoms with Gasteiger partial charge in [-0.25, -0.2) is 0 Å². The van der Waals surface area contributed by atoms with Crippen LogP contribution in [-0.2, 0) is 19.1 Å². The van der Waals surface area contributed by atoms with E-state index in [1.54, 1.807) is 6.92 Å². The molecule has 0 aromatic rings. The van der Waals surface area contributed by atoms with Gasteiger partial charge >= 0.3 is 11.9 Å². The van der Waals surface area contributed by atoms with Crippen molar-refractivity contribution in [1.29, 1.82) is 0 Å². The molecule has 6 heteroatoms. The summed E-state index contributed by atoms with van der Waals surface area (Å²) in [4.78, 5) is 24.2. The molecule has 0 aromatic heterocycles. The van der Waals surface area contributed by atoms with Crippen molar-refractivity contribution in [2.24, 2.45) is 46.3 Å². The van der Waals surface area contributed by atoms with Gasteiger partial charge in [0, 0.05) is 23.0 Å². The Morgan fingerprint density at radius 1 is 1.09 bits per heavy atom. The topological polar surface area (TPSA) is 52.6 Å². The van der Waals surface area contributed by atoms with Crippen molar-refractivity contribution >= 4 is 43.8 Å². The maximum absolute atomic E-state index is 11.8. The largest absolute Gasteiger partial charge is 0.469 e. The van der Waals surface area contributed by atoms with E-state index >= 15 is 0 Å². The van der Waals surface area contributed by atoms with E-state index in [2.05, 4.69) is 52.6 Å². The molecule has 11 unspecified atom stereocenters. The number of alkyl halides is 2. The first-order valence-corrected chi connectivity index (χ1v) is 14.9. The van der Waals surface area contributed by atoms with Gasteiger partial charge < -0.3 is 9.47 Å². The average Bonchev–Trinajstić information content (AvgIpc) is 3.13. The molecule has 4 aliphatic carbocycles. The van der Waals surface area contributed by atoms with Crippen LogP contribution in [0.1, 0.15) is 85.5 Å². The van der Waals surface area contributed by atoms with Crippen LogP contribution in [-0.4, -0.2) is 34.8 Å². The SMILES string of the molecule is COC(=O)CCC(C)C1CCC2C3CCC4CC(OC(C)=O)CCC4(C)C3C(Br)C(Br)C12C. The molecule has 188 valence electrons. The van der Waals surface area contributed by atoms with E-state index in [9.17, 15) is 9.59 Å². The molecule has 0 bridgehead atoms. The van der Waals surface area contributed by atoms with Crippen LogP contribution in [0, 0.1) is 46.3 Å². The maximum Gasteiger partial charge on any atom is 0.305 e. The Kier molecular flexibility index (Phi) is 7.67. The molecule has 0 amide bonds. The van der Waals surface area contributed by atoms with Crippen LogP contribution in [0.15, 0.2) is 0 Å². The molecule has 0 aromatic carbocycles. The van der Waals surface area contributed by atoms with Gasteiger partial charge in [-0.2, -0.15) is 0 Å². The van der Waals surface area contributed by atoms with Crippen molar-refractivity contribution in [2.45, 2.75) is 101 Å². The summed E-state index contributed by atoms with van der Waals surface area (Å²) in [6.45, 7) is 8.98. The van der Waals surface area contributed by atoms with Gasteiger partial charge in [-0.15, -0.1) is 0 Å². The van der Waals surface area contributed by atoms with E-state index < -0.39 is 0 Å². The van der Waals surface area contributed by atoms with Crippen molar-refractivity contribution in [1.82, 2.24) is 0 Å². The molecule has 0 N–H and O–H groups in total. The van der Waals surface area contributed by atoms with E-state index in [-0.39, 0.29) is 23.5 Å². The number of esters is 2. The fourth-order valence-corrected chi connectivity index (χ4v) is 11.7. The summed E-state index contributed by atoms with van der Waals surface area (Å²) >= 11 is 8.52. The number of halogens is 2. The number of ether oxygens (including phenoxy) is 2. The number of fused-ring (bicyclic) bond motifs is 5. The Balaban J connectivity index is 1.55. The number of carbonyl (C=O) groups is 2. The molecule has 0 aliphatic heterocycles. The predicted octanol–water partition coefficient (Wildman–Crippen LogP) is 6.91. The molecule has 0 heterocycles. The number of hydrogen-bond donors (Lipinski definition) is 0. The lowest BCUT2D eigenvalue weighted by molar-refractivity contribution is -0.158. The zero-order chi connectivity index (χ0) is 24.1. The zero-order valence-electron chi connectivity index (χ0n) is 20.9. The Hall–Kier alpha value is -0.100. The molecule has 4 rings (SSSR count). The van der Waals surface area contributed by atoms with Crippen LogP contribution in [0.25, 0.3) is 0 Å². The number of hydrogen-bond acceptors (Lipinski definition) is 4. The van der Waals surface area contributed by atoms with Gasteiger partial charge in [-0.3, -0.25) is 9.59 Å². The Morgan fingerprint density at radius 3 is 2.48 bits per heavy atom. The molecule has 33 heavy (non-hydrogen) atoms. The van der Waals surface area contributed by atoms with E-state index in [1.807, 2.05) is 0 Å². The third-order valence-electron chi connectivity index (χ3n) is 10.7. The van der Waals surface area contributed by atoms with Crippen LogP contribution in [0.4, 0.5) is 0 Å². The van der Waals surface area contributed by atoms with Gasteiger partial charge in [0.1, 0.15) is 6.10 Å². The van der Waals surface area contributed by atoms with Gasteiger partial charge in [0.05, 0.1) is 7.11 Å². The molecule has 4 aliphatic rings. The summed E-state index contributed by atoms with van der Waals surface area (Å²) < 4.78 is 10.6. The van der Waals surface area contributed by atoms with E-state index in [4.69, 9.17) is 9.47 Å². The highest BCUT2D eigenvalue weighted by molar-refractivity contribution is 9.12. The quantitative estimate of drug-likeness (QED) is 0.258. The molecular weight excluding hydrogens is 548 g/mol. The smallest absolute Gasteiger partial charge is 0.305 e. The monoisotopic (exact) mass is 588 g/mol. The van der Waals surface area contributed by atoms with Gasteiger partial charge in [0.2, 0.25) is 0 Å². The van der Waals surface area contributed by atoms with Crippen LogP contribution in [0.3, 0.4) is 0 Å². The fraction of sp³-hybridized carbons (Fsp3) is 0.926. The Morgan fingerprint density at radius 2 is 1.82 bits per heavy atom. The van der Waals surface area contributed by atoms with Crippen molar-refractivity contribution in [3.63, 3.8) is 0 Å². The van der Waals surface area contributed by atoms with Gasteiger partial charge in [-0.05, 0) is 97.7 Å². The maximum atomic E-state index is 11.8. The predicted molar refractivity (Wildman–Crippen MR) is 137 cm³/mol. The Bertz CT molecular complexity index is 758. The summed E-state index contributed by atoms with van der Waals surface area (Å²) in [7, 11) is 1.49.